The lowest BCUT2D eigenvalue weighted by atomic mass is 10.1. The van der Waals surface area contributed by atoms with Gasteiger partial charge in [-0.25, -0.2) is 14.2 Å². The fourth-order valence-electron chi connectivity index (χ4n) is 5.06. The van der Waals surface area contributed by atoms with Gasteiger partial charge in [0.2, 0.25) is 0 Å². The van der Waals surface area contributed by atoms with Crippen molar-refractivity contribution in [3.8, 4) is 0 Å². The molecule has 1 aromatic heterocycles. The van der Waals surface area contributed by atoms with E-state index in [4.69, 9.17) is 5.11 Å². The van der Waals surface area contributed by atoms with E-state index < -0.39 is 37.0 Å². The maximum atomic E-state index is 14.1. The molecule has 4 aromatic rings. The molecule has 0 radical (unpaired) electrons. The number of hydrogen-bond acceptors (Lipinski definition) is 4. The molecule has 8 nitrogen and oxygen atoms in total. The van der Waals surface area contributed by atoms with E-state index in [1.807, 2.05) is 30.3 Å². The van der Waals surface area contributed by atoms with E-state index in [1.165, 1.54) is 21.5 Å². The molecule has 1 unspecified atom stereocenters. The van der Waals surface area contributed by atoms with Gasteiger partial charge in [0.1, 0.15) is 11.6 Å². The van der Waals surface area contributed by atoms with Gasteiger partial charge in [-0.15, -0.1) is 0 Å². The molecule has 200 valence electrons. The van der Waals surface area contributed by atoms with Crippen LogP contribution in [0.25, 0.3) is 10.8 Å². The van der Waals surface area contributed by atoms with E-state index in [0.29, 0.717) is 11.1 Å². The summed E-state index contributed by atoms with van der Waals surface area (Å²) in [5.74, 6) is -3.55. The zero-order valence-electron chi connectivity index (χ0n) is 21.3. The van der Waals surface area contributed by atoms with Crippen LogP contribution in [0.15, 0.2) is 125 Å². The zero-order valence-corrected chi connectivity index (χ0v) is 22.1. The van der Waals surface area contributed by atoms with Crippen LogP contribution >= 0.6 is 7.92 Å². The number of carboxylic acids is 2. The second kappa shape index (κ2) is 11.1. The van der Waals surface area contributed by atoms with E-state index >= 15 is 0 Å². The molecule has 0 amide bonds. The average Bonchev–Trinajstić information content (AvgIpc) is 3.32. The molecule has 0 saturated heterocycles. The number of carboxylic acid groups (broad SMARTS) is 2. The molecule has 0 fully saturated rings. The molecule has 1 aliphatic heterocycles. The minimum atomic E-state index is -1.49. The standard InChI is InChI=1S/C31H25N2O6P/c1-20(12-4-2-7-19-26(34)35)29-32-27(36)22-15-8-9-16-23(22)28(37)33(32)30(40(29)21-13-5-3-6-14-21)24-17-10-11-18-25(24)31(38)39/h2-18,29-30H,1,19H2,(H,34,35)(H,38,39)/b7-2-,12-4-/t29-,30-,40?/m1/s1. The lowest BCUT2D eigenvalue weighted by Gasteiger charge is -2.26. The first-order chi connectivity index (χ1) is 19.3. The summed E-state index contributed by atoms with van der Waals surface area (Å²) in [6.45, 7) is 4.27. The van der Waals surface area contributed by atoms with Crippen LogP contribution in [0.4, 0.5) is 0 Å². The van der Waals surface area contributed by atoms with Gasteiger partial charge in [0, 0.05) is 0 Å². The highest BCUT2D eigenvalue weighted by Crippen LogP contribution is 2.65. The topological polar surface area (TPSA) is 119 Å². The number of benzene rings is 3. The van der Waals surface area contributed by atoms with Crippen molar-refractivity contribution in [2.75, 3.05) is 0 Å². The van der Waals surface area contributed by atoms with E-state index in [1.54, 1.807) is 60.7 Å². The molecule has 3 aromatic carbocycles. The van der Waals surface area contributed by atoms with Crippen LogP contribution in [0.1, 0.15) is 33.9 Å². The lowest BCUT2D eigenvalue weighted by Crippen LogP contribution is -2.37. The minimum absolute atomic E-state index is 0.0494. The van der Waals surface area contributed by atoms with Crippen LogP contribution in [0, 0.1) is 0 Å². The molecule has 0 aliphatic carbocycles. The summed E-state index contributed by atoms with van der Waals surface area (Å²) < 4.78 is 2.84. The molecule has 0 bridgehead atoms. The predicted octanol–water partition coefficient (Wildman–Crippen LogP) is 4.87. The van der Waals surface area contributed by atoms with Crippen LogP contribution in [-0.4, -0.2) is 31.5 Å². The summed E-state index contributed by atoms with van der Waals surface area (Å²) in [5.41, 5.74) is 0.222. The highest BCUT2D eigenvalue weighted by molar-refractivity contribution is 7.66. The van der Waals surface area contributed by atoms with Gasteiger partial charge < -0.3 is 10.2 Å². The van der Waals surface area contributed by atoms with Crippen molar-refractivity contribution in [3.05, 3.63) is 147 Å². The molecule has 40 heavy (non-hydrogen) atoms. The number of fused-ring (bicyclic) bond motifs is 2. The monoisotopic (exact) mass is 552 g/mol. The molecule has 2 N–H and O–H groups in total. The summed E-state index contributed by atoms with van der Waals surface area (Å²) in [5, 5.41) is 20.4. The van der Waals surface area contributed by atoms with Gasteiger partial charge in [-0.05, 0) is 42.6 Å². The quantitative estimate of drug-likeness (QED) is 0.238. The number of allylic oxidation sites excluding steroid dienone is 4. The largest absolute Gasteiger partial charge is 0.481 e. The smallest absolute Gasteiger partial charge is 0.336 e. The Morgan fingerprint density at radius 1 is 0.825 bits per heavy atom. The summed E-state index contributed by atoms with van der Waals surface area (Å²) in [4.78, 5) is 51.4. The number of aliphatic carboxylic acids is 1. The van der Waals surface area contributed by atoms with Crippen molar-refractivity contribution in [2.45, 2.75) is 18.0 Å². The highest BCUT2D eigenvalue weighted by atomic mass is 31.1. The van der Waals surface area contributed by atoms with E-state index in [2.05, 4.69) is 6.58 Å². The molecule has 1 aliphatic rings. The first kappa shape index (κ1) is 26.8. The Morgan fingerprint density at radius 3 is 2.08 bits per heavy atom. The third-order valence-electron chi connectivity index (χ3n) is 6.73. The number of hydrogen-bond donors (Lipinski definition) is 2. The summed E-state index contributed by atoms with van der Waals surface area (Å²) in [6.07, 6.45) is 6.28. The van der Waals surface area contributed by atoms with E-state index in [9.17, 15) is 24.3 Å². The molecule has 0 saturated carbocycles. The van der Waals surface area contributed by atoms with Gasteiger partial charge in [-0.1, -0.05) is 91.5 Å². The number of nitrogens with zero attached hydrogens (tertiary/aromatic N) is 2. The normalized spacial score (nSPS) is 18.4. The van der Waals surface area contributed by atoms with Crippen molar-refractivity contribution in [1.29, 1.82) is 0 Å². The summed E-state index contributed by atoms with van der Waals surface area (Å²) in [6, 6.07) is 22.6. The first-order valence-corrected chi connectivity index (χ1v) is 13.9. The van der Waals surface area contributed by atoms with Crippen LogP contribution < -0.4 is 16.4 Å². The minimum Gasteiger partial charge on any atom is -0.481 e. The highest BCUT2D eigenvalue weighted by Gasteiger charge is 2.46. The fourth-order valence-corrected chi connectivity index (χ4v) is 8.28. The molecular formula is C31H25N2O6P. The van der Waals surface area contributed by atoms with Crippen molar-refractivity contribution < 1.29 is 19.8 Å². The van der Waals surface area contributed by atoms with Gasteiger partial charge in [0.05, 0.1) is 22.8 Å². The molecule has 0 spiro atoms. The van der Waals surface area contributed by atoms with Crippen LogP contribution in [0.5, 0.6) is 0 Å². The average molecular weight is 553 g/mol. The van der Waals surface area contributed by atoms with E-state index in [0.717, 1.165) is 5.30 Å². The maximum Gasteiger partial charge on any atom is 0.336 e. The molecule has 2 heterocycles. The van der Waals surface area contributed by atoms with Gasteiger partial charge in [0.15, 0.2) is 0 Å². The van der Waals surface area contributed by atoms with Gasteiger partial charge in [-0.2, -0.15) is 0 Å². The molecule has 3 atom stereocenters. The van der Waals surface area contributed by atoms with E-state index in [-0.39, 0.29) is 28.3 Å². The third-order valence-corrected chi connectivity index (χ3v) is 9.73. The molecular weight excluding hydrogens is 527 g/mol. The van der Waals surface area contributed by atoms with Gasteiger partial charge in [-0.3, -0.25) is 14.4 Å². The fraction of sp³-hybridized carbons (Fsp3) is 0.0968. The second-order valence-corrected chi connectivity index (χ2v) is 11.5. The lowest BCUT2D eigenvalue weighted by molar-refractivity contribution is -0.136. The number of carbonyl (C=O) groups is 2. The maximum absolute atomic E-state index is 14.1. The van der Waals surface area contributed by atoms with Crippen molar-refractivity contribution in [2.24, 2.45) is 0 Å². The number of aromatic nitrogens is 2. The first-order valence-electron chi connectivity index (χ1n) is 12.5. The zero-order chi connectivity index (χ0) is 28.4. The van der Waals surface area contributed by atoms with Crippen LogP contribution in [-0.2, 0) is 4.79 Å². The van der Waals surface area contributed by atoms with Crippen LogP contribution in [0.2, 0.25) is 0 Å². The summed E-state index contributed by atoms with van der Waals surface area (Å²) >= 11 is 0. The van der Waals surface area contributed by atoms with Gasteiger partial charge >= 0.3 is 11.9 Å². The Hall–Kier alpha value is -4.81. The Morgan fingerprint density at radius 2 is 1.43 bits per heavy atom. The third kappa shape index (κ3) is 4.74. The molecule has 9 heteroatoms. The predicted molar refractivity (Wildman–Crippen MR) is 156 cm³/mol. The molecule has 5 rings (SSSR count). The Balaban J connectivity index is 1.83. The van der Waals surface area contributed by atoms with Crippen LogP contribution in [0.3, 0.4) is 0 Å². The Bertz CT molecular complexity index is 1820. The summed E-state index contributed by atoms with van der Waals surface area (Å²) in [7, 11) is -1.49. The second-order valence-electron chi connectivity index (χ2n) is 9.19. The number of rotatable bonds is 8. The van der Waals surface area contributed by atoms with Crippen molar-refractivity contribution in [1.82, 2.24) is 9.36 Å². The van der Waals surface area contributed by atoms with Crippen molar-refractivity contribution in [3.63, 3.8) is 0 Å². The SMILES string of the molecule is C=C(/C=C\C=C/CC(=O)O)[C@@H]1n2c(=O)c3ccccc3c(=O)n2[C@@H](c2ccccc2C(=O)O)P1c1ccccc1. The Kier molecular flexibility index (Phi) is 7.45. The Labute approximate surface area is 230 Å². The van der Waals surface area contributed by atoms with Gasteiger partial charge in [0.25, 0.3) is 11.1 Å². The van der Waals surface area contributed by atoms with Crippen molar-refractivity contribution >= 4 is 35.9 Å². The number of aromatic carboxylic acids is 1.